The van der Waals surface area contributed by atoms with Gasteiger partial charge in [0, 0.05) is 24.0 Å². The van der Waals surface area contributed by atoms with Crippen molar-refractivity contribution in [2.45, 2.75) is 32.4 Å². The van der Waals surface area contributed by atoms with E-state index in [1.165, 1.54) is 0 Å². The van der Waals surface area contributed by atoms with Crippen LogP contribution in [-0.2, 0) is 6.54 Å². The van der Waals surface area contributed by atoms with Crippen LogP contribution in [0.15, 0.2) is 18.2 Å². The number of nitriles is 1. The van der Waals surface area contributed by atoms with Gasteiger partial charge in [-0.15, -0.1) is 12.3 Å². The quantitative estimate of drug-likeness (QED) is 0.811. The molecule has 88 valence electrons. The van der Waals surface area contributed by atoms with E-state index in [0.29, 0.717) is 29.6 Å². The van der Waals surface area contributed by atoms with Gasteiger partial charge in [-0.05, 0) is 24.1 Å². The molecule has 1 rings (SSSR count). The Bertz CT molecular complexity index is 454. The second kappa shape index (κ2) is 6.97. The second-order valence-corrected chi connectivity index (χ2v) is 4.22. The van der Waals surface area contributed by atoms with Crippen LogP contribution in [0.25, 0.3) is 0 Å². The van der Waals surface area contributed by atoms with Gasteiger partial charge >= 0.3 is 0 Å². The van der Waals surface area contributed by atoms with Crippen LogP contribution in [0, 0.1) is 23.7 Å². The lowest BCUT2D eigenvalue weighted by Gasteiger charge is -2.14. The van der Waals surface area contributed by atoms with Crippen molar-refractivity contribution in [1.29, 1.82) is 5.26 Å². The molecule has 0 aromatic heterocycles. The van der Waals surface area contributed by atoms with E-state index in [4.69, 9.17) is 23.3 Å². The van der Waals surface area contributed by atoms with E-state index in [9.17, 15) is 0 Å². The molecule has 0 aliphatic carbocycles. The predicted octanol–water partition coefficient (Wildman–Crippen LogP) is 3.10. The molecule has 1 N–H and O–H groups in total. The predicted molar refractivity (Wildman–Crippen MR) is 70.5 cm³/mol. The molecule has 0 heterocycles. The van der Waals surface area contributed by atoms with Crippen molar-refractivity contribution in [2.24, 2.45) is 0 Å². The van der Waals surface area contributed by atoms with E-state index in [1.807, 2.05) is 6.07 Å². The summed E-state index contributed by atoms with van der Waals surface area (Å²) < 4.78 is 0. The van der Waals surface area contributed by atoms with E-state index >= 15 is 0 Å². The number of rotatable bonds is 5. The fourth-order valence-electron chi connectivity index (χ4n) is 1.52. The highest BCUT2D eigenvalue weighted by molar-refractivity contribution is 6.31. The van der Waals surface area contributed by atoms with Crippen molar-refractivity contribution in [3.8, 4) is 18.4 Å². The summed E-state index contributed by atoms with van der Waals surface area (Å²) in [7, 11) is 0. The number of hydrogen-bond acceptors (Lipinski definition) is 2. The third-order valence-electron chi connectivity index (χ3n) is 2.62. The topological polar surface area (TPSA) is 35.8 Å². The maximum absolute atomic E-state index is 8.73. The summed E-state index contributed by atoms with van der Waals surface area (Å²) in [5, 5.41) is 12.7. The van der Waals surface area contributed by atoms with Gasteiger partial charge in [0.05, 0.1) is 11.6 Å². The molecule has 2 nitrogen and oxygen atoms in total. The molecule has 0 aliphatic rings. The van der Waals surface area contributed by atoms with E-state index in [2.05, 4.69) is 24.2 Å². The number of terminal acetylenes is 1. The summed E-state index contributed by atoms with van der Waals surface area (Å²) in [6.07, 6.45) is 6.99. The molecule has 0 spiro atoms. The Morgan fingerprint density at radius 3 is 2.82 bits per heavy atom. The molecule has 0 radical (unpaired) electrons. The minimum absolute atomic E-state index is 0.312. The van der Waals surface area contributed by atoms with Gasteiger partial charge in [0.1, 0.15) is 0 Å². The number of benzene rings is 1. The van der Waals surface area contributed by atoms with Gasteiger partial charge in [-0.1, -0.05) is 24.6 Å². The SMILES string of the molecule is C#CCC(CC)NCc1ccc(C#N)cc1Cl. The lowest BCUT2D eigenvalue weighted by Crippen LogP contribution is -2.27. The van der Waals surface area contributed by atoms with Crippen LogP contribution in [-0.4, -0.2) is 6.04 Å². The Morgan fingerprint density at radius 2 is 2.29 bits per heavy atom. The summed E-state index contributed by atoms with van der Waals surface area (Å²) >= 11 is 6.08. The van der Waals surface area contributed by atoms with Crippen molar-refractivity contribution < 1.29 is 0 Å². The molecule has 1 unspecified atom stereocenters. The lowest BCUT2D eigenvalue weighted by atomic mass is 10.1. The normalized spacial score (nSPS) is 11.5. The highest BCUT2D eigenvalue weighted by atomic mass is 35.5. The Kier molecular flexibility index (Phi) is 5.57. The molecule has 3 heteroatoms. The fraction of sp³-hybridized carbons (Fsp3) is 0.357. The summed E-state index contributed by atoms with van der Waals surface area (Å²) in [5.41, 5.74) is 1.57. The zero-order chi connectivity index (χ0) is 12.7. The molecule has 1 aromatic carbocycles. The average molecular weight is 247 g/mol. The number of halogens is 1. The summed E-state index contributed by atoms with van der Waals surface area (Å²) in [6, 6.07) is 7.69. The lowest BCUT2D eigenvalue weighted by molar-refractivity contribution is 0.507. The molecule has 1 aromatic rings. The van der Waals surface area contributed by atoms with Crippen LogP contribution in [0.1, 0.15) is 30.9 Å². The van der Waals surface area contributed by atoms with Crippen molar-refractivity contribution in [3.05, 3.63) is 34.3 Å². The Labute approximate surface area is 108 Å². The molecule has 17 heavy (non-hydrogen) atoms. The maximum atomic E-state index is 8.73. The standard InChI is InChI=1S/C14H15ClN2/c1-3-5-13(4-2)17-10-12-7-6-11(9-16)8-14(12)15/h1,6-8,13,17H,4-5,10H2,2H3. The van der Waals surface area contributed by atoms with Crippen LogP contribution in [0.2, 0.25) is 5.02 Å². The number of nitrogens with zero attached hydrogens (tertiary/aromatic N) is 1. The smallest absolute Gasteiger partial charge is 0.0992 e. The van der Waals surface area contributed by atoms with Crippen LogP contribution in [0.5, 0.6) is 0 Å². The monoisotopic (exact) mass is 246 g/mol. The molecule has 0 saturated carbocycles. The summed E-state index contributed by atoms with van der Waals surface area (Å²) in [5.74, 6) is 2.65. The van der Waals surface area contributed by atoms with E-state index in [0.717, 1.165) is 12.0 Å². The number of nitrogens with one attached hydrogen (secondary N) is 1. The van der Waals surface area contributed by atoms with Crippen molar-refractivity contribution in [2.75, 3.05) is 0 Å². The Balaban J connectivity index is 2.64. The van der Waals surface area contributed by atoms with Crippen LogP contribution < -0.4 is 5.32 Å². The third kappa shape index (κ3) is 4.11. The molecular weight excluding hydrogens is 232 g/mol. The Hall–Kier alpha value is -1.48. The molecule has 0 fully saturated rings. The Morgan fingerprint density at radius 1 is 1.53 bits per heavy atom. The third-order valence-corrected chi connectivity index (χ3v) is 2.97. The number of hydrogen-bond donors (Lipinski definition) is 1. The second-order valence-electron chi connectivity index (χ2n) is 3.81. The molecule has 0 amide bonds. The highest BCUT2D eigenvalue weighted by Gasteiger charge is 2.06. The molecule has 0 bridgehead atoms. The highest BCUT2D eigenvalue weighted by Crippen LogP contribution is 2.17. The van der Waals surface area contributed by atoms with E-state index in [1.54, 1.807) is 12.1 Å². The van der Waals surface area contributed by atoms with Gasteiger partial charge < -0.3 is 5.32 Å². The van der Waals surface area contributed by atoms with Gasteiger partial charge in [-0.3, -0.25) is 0 Å². The molecule has 1 atom stereocenters. The van der Waals surface area contributed by atoms with E-state index in [-0.39, 0.29) is 0 Å². The first-order valence-corrected chi connectivity index (χ1v) is 5.94. The summed E-state index contributed by atoms with van der Waals surface area (Å²) in [6.45, 7) is 2.76. The molecular formula is C14H15ClN2. The minimum atomic E-state index is 0.312. The maximum Gasteiger partial charge on any atom is 0.0992 e. The zero-order valence-corrected chi connectivity index (χ0v) is 10.6. The zero-order valence-electron chi connectivity index (χ0n) is 9.83. The molecule has 0 aliphatic heterocycles. The van der Waals surface area contributed by atoms with Gasteiger partial charge in [-0.25, -0.2) is 0 Å². The van der Waals surface area contributed by atoms with Gasteiger partial charge in [0.25, 0.3) is 0 Å². The van der Waals surface area contributed by atoms with Gasteiger partial charge in [0.15, 0.2) is 0 Å². The van der Waals surface area contributed by atoms with E-state index < -0.39 is 0 Å². The van der Waals surface area contributed by atoms with Crippen LogP contribution in [0.3, 0.4) is 0 Å². The minimum Gasteiger partial charge on any atom is -0.309 e. The summed E-state index contributed by atoms with van der Waals surface area (Å²) in [4.78, 5) is 0. The van der Waals surface area contributed by atoms with Crippen LogP contribution >= 0.6 is 11.6 Å². The average Bonchev–Trinajstić information content (AvgIpc) is 2.35. The molecule has 0 saturated heterocycles. The van der Waals surface area contributed by atoms with Crippen molar-refractivity contribution in [3.63, 3.8) is 0 Å². The first-order valence-electron chi connectivity index (χ1n) is 5.56. The van der Waals surface area contributed by atoms with Crippen LogP contribution in [0.4, 0.5) is 0 Å². The fourth-order valence-corrected chi connectivity index (χ4v) is 1.76. The largest absolute Gasteiger partial charge is 0.309 e. The first-order chi connectivity index (χ1) is 8.21. The van der Waals surface area contributed by atoms with Crippen molar-refractivity contribution >= 4 is 11.6 Å². The first kappa shape index (κ1) is 13.6. The van der Waals surface area contributed by atoms with Crippen molar-refractivity contribution in [1.82, 2.24) is 5.32 Å². The van der Waals surface area contributed by atoms with Gasteiger partial charge in [-0.2, -0.15) is 5.26 Å². The van der Waals surface area contributed by atoms with Gasteiger partial charge in [0.2, 0.25) is 0 Å².